The number of carbonyl (C=O) groups is 4. The van der Waals surface area contributed by atoms with Gasteiger partial charge >= 0.3 is 24.3 Å². The average molecular weight is 631 g/mol. The highest BCUT2D eigenvalue weighted by molar-refractivity contribution is 7.20. The summed E-state index contributed by atoms with van der Waals surface area (Å²) in [6.07, 6.45) is -6.66. The lowest BCUT2D eigenvalue weighted by atomic mass is 10.1. The topological polar surface area (TPSA) is 173 Å². The molecule has 0 bridgehead atoms. The lowest BCUT2D eigenvalue weighted by molar-refractivity contribution is -0.193. The summed E-state index contributed by atoms with van der Waals surface area (Å²) in [6, 6.07) is 16.3. The predicted molar refractivity (Wildman–Crippen MR) is 142 cm³/mol. The second-order valence-corrected chi connectivity index (χ2v) is 9.15. The van der Waals surface area contributed by atoms with Gasteiger partial charge in [0.05, 0.1) is 10.2 Å². The van der Waals surface area contributed by atoms with Gasteiger partial charge in [0.15, 0.2) is 10.8 Å². The van der Waals surface area contributed by atoms with E-state index in [0.717, 1.165) is 15.8 Å². The molecule has 0 spiro atoms. The van der Waals surface area contributed by atoms with Crippen LogP contribution in [0.3, 0.4) is 0 Å². The van der Waals surface area contributed by atoms with E-state index < -0.39 is 24.3 Å². The molecule has 0 aliphatic rings. The van der Waals surface area contributed by atoms with Crippen LogP contribution in [-0.4, -0.2) is 56.2 Å². The molecule has 4 aromatic rings. The average Bonchev–Trinajstić information content (AvgIpc) is 3.37. The van der Waals surface area contributed by atoms with E-state index >= 15 is 0 Å². The highest BCUT2D eigenvalue weighted by Gasteiger charge is 2.38. The van der Waals surface area contributed by atoms with Gasteiger partial charge in [0.2, 0.25) is 0 Å². The van der Waals surface area contributed by atoms with Gasteiger partial charge < -0.3 is 21.3 Å². The molecule has 0 saturated heterocycles. The molecule has 2 aromatic carbocycles. The number of nitrogens with zero attached hydrogens (tertiary/aromatic N) is 2. The van der Waals surface area contributed by atoms with Crippen molar-refractivity contribution in [1.29, 1.82) is 0 Å². The molecule has 228 valence electrons. The number of carboxylic acid groups (broad SMARTS) is 2. The van der Waals surface area contributed by atoms with Gasteiger partial charge in [-0.15, -0.1) is 11.3 Å². The highest BCUT2D eigenvalue weighted by atomic mass is 32.1. The number of nitrogens with two attached hydrogens (primary N) is 1. The molecule has 2 heterocycles. The molecule has 43 heavy (non-hydrogen) atoms. The van der Waals surface area contributed by atoms with Crippen molar-refractivity contribution in [3.8, 4) is 0 Å². The first-order valence-electron chi connectivity index (χ1n) is 11.5. The van der Waals surface area contributed by atoms with Crippen molar-refractivity contribution in [2.24, 2.45) is 5.73 Å². The van der Waals surface area contributed by atoms with Crippen molar-refractivity contribution in [2.75, 3.05) is 5.32 Å². The number of pyridine rings is 1. The largest absolute Gasteiger partial charge is 0.490 e. The van der Waals surface area contributed by atoms with Crippen molar-refractivity contribution in [3.05, 3.63) is 88.7 Å². The minimum atomic E-state index is -5.08. The van der Waals surface area contributed by atoms with Gasteiger partial charge in [-0.25, -0.2) is 14.6 Å². The Hall–Kier alpha value is -4.90. The maximum absolute atomic E-state index is 12.6. The summed E-state index contributed by atoms with van der Waals surface area (Å²) in [6.45, 7) is 0.475. The number of halogens is 6. The Morgan fingerprint density at radius 3 is 1.81 bits per heavy atom. The molecule has 0 unspecified atom stereocenters. The minimum absolute atomic E-state index is 0.0468. The van der Waals surface area contributed by atoms with Crippen molar-refractivity contribution in [2.45, 2.75) is 25.3 Å². The normalized spacial score (nSPS) is 11.0. The number of Topliss-reactive ketones (excluding diaryl/α,β-unsaturated/α-hetero) is 1. The van der Waals surface area contributed by atoms with Gasteiger partial charge in [-0.3, -0.25) is 14.6 Å². The molecule has 17 heteroatoms. The first kappa shape index (κ1) is 34.3. The molecular weight excluding hydrogens is 610 g/mol. The van der Waals surface area contributed by atoms with Crippen molar-refractivity contribution in [1.82, 2.24) is 9.97 Å². The zero-order valence-electron chi connectivity index (χ0n) is 21.4. The number of aromatic nitrogens is 2. The number of amides is 1. The minimum Gasteiger partial charge on any atom is -0.475 e. The van der Waals surface area contributed by atoms with E-state index in [1.165, 1.54) is 11.3 Å². The van der Waals surface area contributed by atoms with Crippen LogP contribution in [0.5, 0.6) is 0 Å². The SMILES string of the molecule is NCc1ccc(CC(=O)c2nc3ccc(C(=O)Nc4ccncc4)cc3s2)cc1.O=C(O)C(F)(F)F.O=C(O)C(F)(F)F. The van der Waals surface area contributed by atoms with Crippen LogP contribution in [0.4, 0.5) is 32.0 Å². The summed E-state index contributed by atoms with van der Waals surface area (Å²) in [5.41, 5.74) is 9.44. The second kappa shape index (κ2) is 14.8. The molecule has 0 aliphatic carbocycles. The Balaban J connectivity index is 0.000000384. The van der Waals surface area contributed by atoms with Crippen LogP contribution in [0, 0.1) is 0 Å². The maximum Gasteiger partial charge on any atom is 0.490 e. The van der Waals surface area contributed by atoms with E-state index in [9.17, 15) is 35.9 Å². The Labute approximate surface area is 241 Å². The summed E-state index contributed by atoms with van der Waals surface area (Å²) in [7, 11) is 0. The zero-order valence-corrected chi connectivity index (χ0v) is 22.3. The first-order chi connectivity index (χ1) is 20.0. The molecule has 1 amide bonds. The third-order valence-corrected chi connectivity index (χ3v) is 5.99. The van der Waals surface area contributed by atoms with E-state index in [0.29, 0.717) is 28.3 Å². The standard InChI is InChI=1S/C22H18N4O2S.2C2HF3O2/c23-13-15-3-1-14(2-4-15)11-19(27)22-26-18-6-5-16(12-20(18)29-22)21(28)25-17-7-9-24-10-8-17;2*3-2(4,5)1(6)7/h1-10,12H,11,13,23H2,(H,24,25,28);2*(H,6,7). The number of carboxylic acids is 2. The van der Waals surface area contributed by atoms with Crippen LogP contribution in [0.1, 0.15) is 31.3 Å². The third-order valence-electron chi connectivity index (χ3n) is 4.94. The lowest BCUT2D eigenvalue weighted by Crippen LogP contribution is -2.21. The summed E-state index contributed by atoms with van der Waals surface area (Å²) in [5.74, 6) is -5.78. The fourth-order valence-electron chi connectivity index (χ4n) is 2.88. The van der Waals surface area contributed by atoms with Gasteiger partial charge in [-0.2, -0.15) is 26.3 Å². The van der Waals surface area contributed by atoms with E-state index in [2.05, 4.69) is 15.3 Å². The number of benzene rings is 2. The number of alkyl halides is 6. The quantitative estimate of drug-likeness (QED) is 0.167. The number of carbonyl (C=O) groups excluding carboxylic acids is 2. The van der Waals surface area contributed by atoms with E-state index in [1.807, 2.05) is 24.3 Å². The van der Waals surface area contributed by atoms with Gasteiger partial charge in [0.25, 0.3) is 5.91 Å². The number of aliphatic carboxylic acids is 2. The van der Waals surface area contributed by atoms with Crippen LogP contribution < -0.4 is 11.1 Å². The molecule has 10 nitrogen and oxygen atoms in total. The Bertz CT molecular complexity index is 1550. The summed E-state index contributed by atoms with van der Waals surface area (Å²) in [5, 5.41) is 17.5. The van der Waals surface area contributed by atoms with Gasteiger partial charge in [0.1, 0.15) is 0 Å². The Kier molecular flexibility index (Phi) is 11.8. The van der Waals surface area contributed by atoms with Gasteiger partial charge in [-0.05, 0) is 41.5 Å². The second-order valence-electron chi connectivity index (χ2n) is 8.12. The maximum atomic E-state index is 12.6. The molecule has 0 fully saturated rings. The fourth-order valence-corrected chi connectivity index (χ4v) is 3.82. The molecule has 0 aliphatic heterocycles. The summed E-state index contributed by atoms with van der Waals surface area (Å²) in [4.78, 5) is 51.3. The molecular formula is C26H20F6N4O6S. The molecule has 2 aromatic heterocycles. The molecule has 0 radical (unpaired) electrons. The van der Waals surface area contributed by atoms with Crippen molar-refractivity contribution < 1.29 is 55.7 Å². The Morgan fingerprint density at radius 1 is 0.814 bits per heavy atom. The van der Waals surface area contributed by atoms with Crippen LogP contribution >= 0.6 is 11.3 Å². The van der Waals surface area contributed by atoms with Crippen molar-refractivity contribution >= 4 is 50.9 Å². The number of ketones is 1. The number of rotatable bonds is 6. The highest BCUT2D eigenvalue weighted by Crippen LogP contribution is 2.25. The number of thiazole rings is 1. The molecule has 0 saturated carbocycles. The monoisotopic (exact) mass is 630 g/mol. The van der Waals surface area contributed by atoms with Crippen LogP contribution in [-0.2, 0) is 22.6 Å². The lowest BCUT2D eigenvalue weighted by Gasteiger charge is -2.04. The smallest absolute Gasteiger partial charge is 0.475 e. The first-order valence-corrected chi connectivity index (χ1v) is 12.4. The van der Waals surface area contributed by atoms with Crippen LogP contribution in [0.15, 0.2) is 67.0 Å². The third kappa shape index (κ3) is 11.1. The van der Waals surface area contributed by atoms with Crippen LogP contribution in [0.2, 0.25) is 0 Å². The molecule has 4 rings (SSSR count). The van der Waals surface area contributed by atoms with Crippen molar-refractivity contribution in [3.63, 3.8) is 0 Å². The zero-order chi connectivity index (χ0) is 32.4. The molecule has 0 atom stereocenters. The van der Waals surface area contributed by atoms with E-state index in [1.54, 1.807) is 42.7 Å². The number of fused-ring (bicyclic) bond motifs is 1. The predicted octanol–water partition coefficient (Wildman–Crippen LogP) is 5.09. The number of anilines is 1. The number of nitrogens with one attached hydrogen (secondary N) is 1. The Morgan fingerprint density at radius 2 is 1.33 bits per heavy atom. The van der Waals surface area contributed by atoms with Crippen LogP contribution in [0.25, 0.3) is 10.2 Å². The summed E-state index contributed by atoms with van der Waals surface area (Å²) < 4.78 is 64.3. The fraction of sp³-hybridized carbons (Fsp3) is 0.154. The molecule has 5 N–H and O–H groups in total. The number of hydrogen-bond donors (Lipinski definition) is 4. The van der Waals surface area contributed by atoms with Gasteiger partial charge in [-0.1, -0.05) is 24.3 Å². The van der Waals surface area contributed by atoms with Gasteiger partial charge in [0, 0.05) is 36.6 Å². The number of hydrogen-bond acceptors (Lipinski definition) is 8. The van der Waals surface area contributed by atoms with E-state index in [-0.39, 0.29) is 18.1 Å². The summed E-state index contributed by atoms with van der Waals surface area (Å²) >= 11 is 1.30. The van der Waals surface area contributed by atoms with E-state index in [4.69, 9.17) is 25.5 Å².